The van der Waals surface area contributed by atoms with E-state index >= 15 is 0 Å². The Morgan fingerprint density at radius 3 is 2.33 bits per heavy atom. The number of aliphatic hydroxyl groups is 5. The highest BCUT2D eigenvalue weighted by molar-refractivity contribution is 6.25. The highest BCUT2D eigenvalue weighted by atomic mass is 16.3. The van der Waals surface area contributed by atoms with E-state index in [2.05, 4.69) is 10.2 Å². The Bertz CT molecular complexity index is 1380. The zero-order valence-corrected chi connectivity index (χ0v) is 23.9. The number of aliphatic hydroxyl groups excluding tert-OH is 3. The highest BCUT2D eigenvalue weighted by Gasteiger charge is 2.65. The molecule has 5 atom stereocenters. The van der Waals surface area contributed by atoms with Crippen LogP contribution in [-0.4, -0.2) is 135 Å². The topological polar surface area (TPSA) is 194 Å². The fourth-order valence-corrected chi connectivity index (χ4v) is 7.07. The molecule has 1 aromatic carbocycles. The van der Waals surface area contributed by atoms with Crippen molar-refractivity contribution in [3.63, 3.8) is 0 Å². The van der Waals surface area contributed by atoms with Crippen molar-refractivity contribution < 1.29 is 45.0 Å². The smallest absolute Gasteiger partial charge is 0.259 e. The molecule has 1 fully saturated rings. The molecule has 7 N–H and O–H groups in total. The summed E-state index contributed by atoms with van der Waals surface area (Å²) in [5.41, 5.74) is -5.80. The predicted molar refractivity (Wildman–Crippen MR) is 148 cm³/mol. The van der Waals surface area contributed by atoms with Gasteiger partial charge in [-0.05, 0) is 39.1 Å². The van der Waals surface area contributed by atoms with Crippen molar-refractivity contribution in [1.29, 1.82) is 0 Å². The molecular formula is C29H38N4O9. The van der Waals surface area contributed by atoms with Crippen LogP contribution >= 0.6 is 0 Å². The second kappa shape index (κ2) is 10.7. The first-order valence-corrected chi connectivity index (χ1v) is 14.0. The molecule has 0 saturated carbocycles. The maximum atomic E-state index is 13.9. The van der Waals surface area contributed by atoms with E-state index in [4.69, 9.17) is 5.11 Å². The quantitative estimate of drug-likeness (QED) is 0.201. The lowest BCUT2D eigenvalue weighted by Gasteiger charge is -2.52. The van der Waals surface area contributed by atoms with Gasteiger partial charge in [0.05, 0.1) is 30.5 Å². The number of carbonyl (C=O) groups is 3. The van der Waals surface area contributed by atoms with Crippen LogP contribution in [0, 0.1) is 11.8 Å². The number of nitrogens with one attached hydrogen (secondary N) is 1. The van der Waals surface area contributed by atoms with Crippen LogP contribution in [0.1, 0.15) is 29.3 Å². The van der Waals surface area contributed by atoms with Crippen molar-refractivity contribution in [2.45, 2.75) is 30.6 Å². The van der Waals surface area contributed by atoms with E-state index in [1.807, 2.05) is 4.90 Å². The summed E-state index contributed by atoms with van der Waals surface area (Å²) < 4.78 is 0. The Morgan fingerprint density at radius 1 is 1.07 bits per heavy atom. The number of phenols is 1. The van der Waals surface area contributed by atoms with Crippen molar-refractivity contribution in [1.82, 2.24) is 20.0 Å². The van der Waals surface area contributed by atoms with Crippen LogP contribution < -0.4 is 5.32 Å². The Morgan fingerprint density at radius 2 is 1.71 bits per heavy atom. The number of piperazine rings is 1. The number of β-amino-alcohol motifs (C(OH)–C–C–N with tert-alkyl or cyclic N) is 1. The van der Waals surface area contributed by atoms with Crippen LogP contribution in [0.15, 0.2) is 40.9 Å². The minimum absolute atomic E-state index is 0.0454. The van der Waals surface area contributed by atoms with Gasteiger partial charge in [-0.2, -0.15) is 0 Å². The molecule has 1 heterocycles. The second-order valence-electron chi connectivity index (χ2n) is 11.9. The molecule has 0 aromatic heterocycles. The van der Waals surface area contributed by atoms with Crippen molar-refractivity contribution in [3.05, 3.63) is 52.0 Å². The van der Waals surface area contributed by atoms with Crippen LogP contribution in [0.5, 0.6) is 5.75 Å². The molecule has 4 aliphatic rings. The SMILES string of the molecule is CN(C)[C@@H]1C(O)=C(C(=O)NCN2CCN(CCO)CC2)C(=O)[C@@]2(O)C(O)=C3C(=O)c4c(O)cccc4[C@@](C)(O)[C@H]3C[C@@H]12. The number of amides is 1. The predicted octanol–water partition coefficient (Wildman–Crippen LogP) is -1.02. The molecule has 0 bridgehead atoms. The average Bonchev–Trinajstić information content (AvgIpc) is 2.93. The van der Waals surface area contributed by atoms with Crippen molar-refractivity contribution in [3.8, 4) is 5.75 Å². The van der Waals surface area contributed by atoms with Gasteiger partial charge in [0, 0.05) is 50.1 Å². The third kappa shape index (κ3) is 4.43. The molecule has 228 valence electrons. The minimum atomic E-state index is -2.76. The number of ketones is 2. The minimum Gasteiger partial charge on any atom is -0.510 e. The van der Waals surface area contributed by atoms with E-state index in [9.17, 15) is 39.9 Å². The molecule has 3 aliphatic carbocycles. The van der Waals surface area contributed by atoms with E-state index in [1.165, 1.54) is 30.0 Å². The number of carbonyl (C=O) groups excluding carboxylic acids is 3. The lowest BCUT2D eigenvalue weighted by atomic mass is 9.55. The number of hydrogen-bond donors (Lipinski definition) is 7. The van der Waals surface area contributed by atoms with E-state index in [-0.39, 0.29) is 30.8 Å². The maximum absolute atomic E-state index is 13.9. The molecule has 0 spiro atoms. The van der Waals surface area contributed by atoms with Gasteiger partial charge < -0.3 is 36.0 Å². The molecule has 1 saturated heterocycles. The first kappa shape index (κ1) is 30.1. The first-order chi connectivity index (χ1) is 19.8. The summed E-state index contributed by atoms with van der Waals surface area (Å²) in [6.45, 7) is 4.60. The lowest BCUT2D eigenvalue weighted by Crippen LogP contribution is -2.65. The zero-order valence-electron chi connectivity index (χ0n) is 23.9. The number of benzene rings is 1. The third-order valence-electron chi connectivity index (χ3n) is 9.35. The average molecular weight is 587 g/mol. The third-order valence-corrected chi connectivity index (χ3v) is 9.35. The van der Waals surface area contributed by atoms with Crippen LogP contribution in [-0.2, 0) is 15.2 Å². The summed E-state index contributed by atoms with van der Waals surface area (Å²) in [4.78, 5) is 46.5. The van der Waals surface area contributed by atoms with E-state index in [1.54, 1.807) is 14.1 Å². The number of phenolic OH excluding ortho intramolecular Hbond substituents is 1. The number of rotatable bonds is 6. The van der Waals surface area contributed by atoms with Gasteiger partial charge >= 0.3 is 0 Å². The summed E-state index contributed by atoms with van der Waals surface area (Å²) in [6, 6.07) is 3.10. The summed E-state index contributed by atoms with van der Waals surface area (Å²) in [5.74, 6) is -7.38. The zero-order chi connectivity index (χ0) is 30.7. The van der Waals surface area contributed by atoms with Crippen molar-refractivity contribution >= 4 is 17.5 Å². The molecule has 0 radical (unpaired) electrons. The van der Waals surface area contributed by atoms with Gasteiger partial charge in [-0.15, -0.1) is 0 Å². The first-order valence-electron chi connectivity index (χ1n) is 14.0. The molecular weight excluding hydrogens is 548 g/mol. The Kier molecular flexibility index (Phi) is 7.71. The molecule has 1 amide bonds. The number of nitrogens with zero attached hydrogens (tertiary/aromatic N) is 3. The number of fused-ring (bicyclic) bond motifs is 3. The standard InChI is InChI=1S/C29H38N4O9/c1-28(41)15-5-4-6-18(35)19(15)23(36)20-16(28)13-17-22(31(2)3)24(37)21(26(39)29(17,42)25(20)38)27(40)30-14-33-9-7-32(8-10-33)11-12-34/h4-6,16-17,22,34-35,37-38,41-42H,7-14H2,1-3H3,(H,30,40)/t16-,17-,22-,28+,29-/m0/s1. The molecule has 1 aliphatic heterocycles. The summed E-state index contributed by atoms with van der Waals surface area (Å²) >= 11 is 0. The largest absolute Gasteiger partial charge is 0.510 e. The summed E-state index contributed by atoms with van der Waals surface area (Å²) in [6.07, 6.45) is -0.199. The Balaban J connectivity index is 1.51. The van der Waals surface area contributed by atoms with Crippen molar-refractivity contribution in [2.75, 3.05) is 60.1 Å². The van der Waals surface area contributed by atoms with Gasteiger partial charge in [0.1, 0.15) is 22.8 Å². The molecule has 5 rings (SSSR count). The second-order valence-corrected chi connectivity index (χ2v) is 11.9. The highest BCUT2D eigenvalue weighted by Crippen LogP contribution is 2.56. The van der Waals surface area contributed by atoms with Crippen LogP contribution in [0.3, 0.4) is 0 Å². The fraction of sp³-hybridized carbons (Fsp3) is 0.552. The maximum Gasteiger partial charge on any atom is 0.259 e. The molecule has 13 nitrogen and oxygen atoms in total. The monoisotopic (exact) mass is 586 g/mol. The van der Waals surface area contributed by atoms with E-state index < -0.39 is 75.0 Å². The number of likely N-dealkylation sites (N-methyl/N-ethyl adjacent to an activating group) is 1. The lowest BCUT2D eigenvalue weighted by molar-refractivity contribution is -0.152. The fourth-order valence-electron chi connectivity index (χ4n) is 7.07. The van der Waals surface area contributed by atoms with E-state index in [0.29, 0.717) is 32.7 Å². The van der Waals surface area contributed by atoms with Crippen molar-refractivity contribution in [2.24, 2.45) is 11.8 Å². The van der Waals surface area contributed by atoms with Crippen LogP contribution in [0.2, 0.25) is 0 Å². The van der Waals surface area contributed by atoms with Crippen LogP contribution in [0.4, 0.5) is 0 Å². The number of hydrogen-bond acceptors (Lipinski definition) is 12. The van der Waals surface area contributed by atoms with E-state index in [0.717, 1.165) is 0 Å². The molecule has 13 heteroatoms. The number of Topliss-reactive ketones (excluding diaryl/α,β-unsaturated/α-hetero) is 2. The molecule has 42 heavy (non-hydrogen) atoms. The molecule has 0 unspecified atom stereocenters. The van der Waals surface area contributed by atoms with Gasteiger partial charge in [-0.25, -0.2) is 0 Å². The van der Waals surface area contributed by atoms with Gasteiger partial charge in [0.2, 0.25) is 5.78 Å². The van der Waals surface area contributed by atoms with Gasteiger partial charge in [0.25, 0.3) is 5.91 Å². The van der Waals surface area contributed by atoms with Gasteiger partial charge in [-0.1, -0.05) is 12.1 Å². The number of aromatic hydroxyl groups is 1. The normalized spacial score (nSPS) is 32.1. The van der Waals surface area contributed by atoms with Crippen LogP contribution in [0.25, 0.3) is 0 Å². The Hall–Kier alpha value is -3.33. The van der Waals surface area contributed by atoms with Gasteiger partial charge in [0.15, 0.2) is 11.4 Å². The molecule has 1 aromatic rings. The summed E-state index contributed by atoms with van der Waals surface area (Å²) in [5, 5.41) is 68.7. The Labute approximate surface area is 243 Å². The van der Waals surface area contributed by atoms with Gasteiger partial charge in [-0.3, -0.25) is 29.1 Å². The summed E-state index contributed by atoms with van der Waals surface area (Å²) in [7, 11) is 3.15.